The second-order valence-electron chi connectivity index (χ2n) is 6.23. The summed E-state index contributed by atoms with van der Waals surface area (Å²) in [6, 6.07) is 14.2. The molecule has 1 unspecified atom stereocenters. The van der Waals surface area contributed by atoms with E-state index in [1.165, 1.54) is 0 Å². The lowest BCUT2D eigenvalue weighted by Crippen LogP contribution is -2.43. The van der Waals surface area contributed by atoms with Crippen LogP contribution in [0.25, 0.3) is 0 Å². The summed E-state index contributed by atoms with van der Waals surface area (Å²) in [5.41, 5.74) is 1.49. The number of anilines is 1. The van der Waals surface area contributed by atoms with Crippen LogP contribution < -0.4 is 5.32 Å². The fourth-order valence-electron chi connectivity index (χ4n) is 3.14. The monoisotopic (exact) mass is 378 g/mol. The SMILES string of the molecule is O=C(Nc1cc(Cl)cc(Cl)c1)C(c1ccccc1)N1CCC(O)CC1. The number of aliphatic hydroxyl groups is 1. The van der Waals surface area contributed by atoms with Crippen molar-refractivity contribution in [3.63, 3.8) is 0 Å². The summed E-state index contributed by atoms with van der Waals surface area (Å²) in [4.78, 5) is 15.1. The van der Waals surface area contributed by atoms with Gasteiger partial charge in [-0.15, -0.1) is 0 Å². The van der Waals surface area contributed by atoms with Gasteiger partial charge in [0.15, 0.2) is 0 Å². The molecule has 0 radical (unpaired) electrons. The quantitative estimate of drug-likeness (QED) is 0.840. The second kappa shape index (κ2) is 8.19. The molecule has 1 aliphatic rings. The van der Waals surface area contributed by atoms with Crippen LogP contribution >= 0.6 is 23.2 Å². The van der Waals surface area contributed by atoms with Crippen molar-refractivity contribution in [2.24, 2.45) is 0 Å². The van der Waals surface area contributed by atoms with E-state index < -0.39 is 6.04 Å². The van der Waals surface area contributed by atoms with Gasteiger partial charge in [-0.05, 0) is 36.6 Å². The second-order valence-corrected chi connectivity index (χ2v) is 7.10. The van der Waals surface area contributed by atoms with E-state index in [1.807, 2.05) is 30.3 Å². The van der Waals surface area contributed by atoms with Crippen LogP contribution in [-0.4, -0.2) is 35.1 Å². The fourth-order valence-corrected chi connectivity index (χ4v) is 3.67. The first-order valence-corrected chi connectivity index (χ1v) is 9.02. The van der Waals surface area contributed by atoms with Crippen molar-refractivity contribution in [2.45, 2.75) is 25.0 Å². The van der Waals surface area contributed by atoms with Crippen LogP contribution in [0.4, 0.5) is 5.69 Å². The molecule has 0 aliphatic carbocycles. The topological polar surface area (TPSA) is 52.6 Å². The molecule has 0 aromatic heterocycles. The van der Waals surface area contributed by atoms with E-state index in [0.29, 0.717) is 41.7 Å². The Balaban J connectivity index is 1.84. The number of halogens is 2. The van der Waals surface area contributed by atoms with Gasteiger partial charge < -0.3 is 10.4 Å². The summed E-state index contributed by atoms with van der Waals surface area (Å²) in [5.74, 6) is -0.138. The summed E-state index contributed by atoms with van der Waals surface area (Å²) in [5, 5.41) is 13.6. The Morgan fingerprint density at radius 2 is 1.68 bits per heavy atom. The third kappa shape index (κ3) is 4.73. The largest absolute Gasteiger partial charge is 0.393 e. The number of hydrogen-bond donors (Lipinski definition) is 2. The van der Waals surface area contributed by atoms with Gasteiger partial charge in [0.25, 0.3) is 0 Å². The third-order valence-electron chi connectivity index (χ3n) is 4.36. The first-order valence-electron chi connectivity index (χ1n) is 8.27. The zero-order valence-electron chi connectivity index (χ0n) is 13.7. The zero-order chi connectivity index (χ0) is 17.8. The highest BCUT2D eigenvalue weighted by Gasteiger charge is 2.30. The first-order chi connectivity index (χ1) is 12.0. The number of rotatable bonds is 4. The van der Waals surface area contributed by atoms with Crippen molar-refractivity contribution < 1.29 is 9.90 Å². The van der Waals surface area contributed by atoms with Crippen molar-refractivity contribution in [3.8, 4) is 0 Å². The maximum Gasteiger partial charge on any atom is 0.246 e. The van der Waals surface area contributed by atoms with Crippen LogP contribution in [0, 0.1) is 0 Å². The molecular weight excluding hydrogens is 359 g/mol. The Kier molecular flexibility index (Phi) is 5.97. The van der Waals surface area contributed by atoms with Gasteiger partial charge in [0, 0.05) is 28.8 Å². The molecule has 2 N–H and O–H groups in total. The van der Waals surface area contributed by atoms with Crippen LogP contribution in [0.3, 0.4) is 0 Å². The van der Waals surface area contributed by atoms with Crippen molar-refractivity contribution in [1.29, 1.82) is 0 Å². The molecule has 25 heavy (non-hydrogen) atoms. The molecule has 6 heteroatoms. The average molecular weight is 379 g/mol. The minimum Gasteiger partial charge on any atom is -0.393 e. The van der Waals surface area contributed by atoms with E-state index in [2.05, 4.69) is 10.2 Å². The molecule has 0 spiro atoms. The number of piperidine rings is 1. The van der Waals surface area contributed by atoms with Gasteiger partial charge in [-0.1, -0.05) is 53.5 Å². The first kappa shape index (κ1) is 18.2. The van der Waals surface area contributed by atoms with Gasteiger partial charge in [-0.2, -0.15) is 0 Å². The lowest BCUT2D eigenvalue weighted by atomic mass is 9.99. The van der Waals surface area contributed by atoms with Crippen molar-refractivity contribution >= 4 is 34.8 Å². The van der Waals surface area contributed by atoms with Crippen molar-refractivity contribution in [1.82, 2.24) is 4.90 Å². The lowest BCUT2D eigenvalue weighted by Gasteiger charge is -2.35. The van der Waals surface area contributed by atoms with Gasteiger partial charge in [-0.25, -0.2) is 0 Å². The molecule has 1 fully saturated rings. The predicted molar refractivity (Wildman–Crippen MR) is 101 cm³/mol. The number of nitrogens with zero attached hydrogens (tertiary/aromatic N) is 1. The Bertz CT molecular complexity index is 711. The molecule has 3 rings (SSSR count). The number of carbonyl (C=O) groups excluding carboxylic acids is 1. The van der Waals surface area contributed by atoms with E-state index in [-0.39, 0.29) is 12.0 Å². The highest BCUT2D eigenvalue weighted by molar-refractivity contribution is 6.35. The van der Waals surface area contributed by atoms with Gasteiger partial charge >= 0.3 is 0 Å². The Morgan fingerprint density at radius 1 is 1.08 bits per heavy atom. The van der Waals surface area contributed by atoms with Crippen molar-refractivity contribution in [2.75, 3.05) is 18.4 Å². The molecule has 1 amide bonds. The van der Waals surface area contributed by atoms with Crippen LogP contribution in [0.1, 0.15) is 24.4 Å². The van der Waals surface area contributed by atoms with Gasteiger partial charge in [0.2, 0.25) is 5.91 Å². The van der Waals surface area contributed by atoms with Crippen LogP contribution in [0.2, 0.25) is 10.0 Å². The Morgan fingerprint density at radius 3 is 2.28 bits per heavy atom. The fraction of sp³-hybridized carbons (Fsp3) is 0.316. The molecule has 4 nitrogen and oxygen atoms in total. The minimum atomic E-state index is -0.425. The molecule has 132 valence electrons. The molecule has 2 aromatic rings. The molecule has 0 bridgehead atoms. The Labute approximate surface area is 157 Å². The lowest BCUT2D eigenvalue weighted by molar-refractivity contribution is -0.122. The van der Waals surface area contributed by atoms with Crippen LogP contribution in [0.15, 0.2) is 48.5 Å². The summed E-state index contributed by atoms with van der Waals surface area (Å²) in [6.07, 6.45) is 1.04. The number of amides is 1. The normalized spacial score (nSPS) is 17.2. The zero-order valence-corrected chi connectivity index (χ0v) is 15.2. The standard InChI is InChI=1S/C19H20Cl2N2O2/c20-14-10-15(21)12-16(11-14)22-19(25)18(13-4-2-1-3-5-13)23-8-6-17(24)7-9-23/h1-5,10-12,17-18,24H,6-9H2,(H,22,25). The summed E-state index contributed by atoms with van der Waals surface area (Å²) in [7, 11) is 0. The average Bonchev–Trinajstić information content (AvgIpc) is 2.57. The molecule has 0 saturated carbocycles. The molecule has 1 atom stereocenters. The molecule has 1 heterocycles. The third-order valence-corrected chi connectivity index (χ3v) is 4.79. The molecule has 2 aromatic carbocycles. The molecular formula is C19H20Cl2N2O2. The Hall–Kier alpha value is -1.59. The van der Waals surface area contributed by atoms with E-state index in [4.69, 9.17) is 23.2 Å². The summed E-state index contributed by atoms with van der Waals surface area (Å²) in [6.45, 7) is 1.34. The number of aliphatic hydroxyl groups excluding tert-OH is 1. The number of hydrogen-bond acceptors (Lipinski definition) is 3. The number of nitrogens with one attached hydrogen (secondary N) is 1. The molecule has 1 saturated heterocycles. The predicted octanol–water partition coefficient (Wildman–Crippen LogP) is 4.13. The molecule has 1 aliphatic heterocycles. The van der Waals surface area contributed by atoms with E-state index in [0.717, 1.165) is 5.56 Å². The van der Waals surface area contributed by atoms with Crippen LogP contribution in [0.5, 0.6) is 0 Å². The van der Waals surface area contributed by atoms with Gasteiger partial charge in [-0.3, -0.25) is 9.69 Å². The van der Waals surface area contributed by atoms with Crippen molar-refractivity contribution in [3.05, 3.63) is 64.1 Å². The maximum atomic E-state index is 13.0. The van der Waals surface area contributed by atoms with Gasteiger partial charge in [0.1, 0.15) is 6.04 Å². The number of likely N-dealkylation sites (tertiary alicyclic amines) is 1. The highest BCUT2D eigenvalue weighted by atomic mass is 35.5. The summed E-state index contributed by atoms with van der Waals surface area (Å²) < 4.78 is 0. The van der Waals surface area contributed by atoms with Crippen LogP contribution in [-0.2, 0) is 4.79 Å². The van der Waals surface area contributed by atoms with E-state index >= 15 is 0 Å². The number of carbonyl (C=O) groups is 1. The van der Waals surface area contributed by atoms with E-state index in [1.54, 1.807) is 18.2 Å². The maximum absolute atomic E-state index is 13.0. The van der Waals surface area contributed by atoms with E-state index in [9.17, 15) is 9.90 Å². The summed E-state index contributed by atoms with van der Waals surface area (Å²) >= 11 is 12.0. The number of benzene rings is 2. The minimum absolute atomic E-state index is 0.138. The smallest absolute Gasteiger partial charge is 0.246 e. The highest BCUT2D eigenvalue weighted by Crippen LogP contribution is 2.28. The van der Waals surface area contributed by atoms with Gasteiger partial charge in [0.05, 0.1) is 6.10 Å².